The first-order valence-electron chi connectivity index (χ1n) is 6.58. The molecule has 0 aliphatic carbocycles. The lowest BCUT2D eigenvalue weighted by molar-refractivity contribution is 0.0392. The van der Waals surface area contributed by atoms with Crippen molar-refractivity contribution in [2.45, 2.75) is 24.4 Å². The van der Waals surface area contributed by atoms with E-state index in [0.717, 1.165) is 0 Å². The zero-order valence-electron chi connectivity index (χ0n) is 12.0. The summed E-state index contributed by atoms with van der Waals surface area (Å²) >= 11 is 6.02. The Hall–Kier alpha value is -0.860. The van der Waals surface area contributed by atoms with Gasteiger partial charge in [0, 0.05) is 29.7 Å². The van der Waals surface area contributed by atoms with Crippen molar-refractivity contribution in [2.24, 2.45) is 5.73 Å². The van der Waals surface area contributed by atoms with Gasteiger partial charge >= 0.3 is 0 Å². The Morgan fingerprint density at radius 1 is 1.52 bits per heavy atom. The van der Waals surface area contributed by atoms with Crippen LogP contribution in [0.5, 0.6) is 5.75 Å². The van der Waals surface area contributed by atoms with Crippen molar-refractivity contribution in [1.29, 1.82) is 0 Å². The molecular formula is C13H19ClN2O4S. The highest BCUT2D eigenvalue weighted by molar-refractivity contribution is 7.89. The van der Waals surface area contributed by atoms with Crippen LogP contribution in [0.25, 0.3) is 0 Å². The van der Waals surface area contributed by atoms with E-state index < -0.39 is 10.0 Å². The second-order valence-corrected chi connectivity index (χ2v) is 7.14. The summed E-state index contributed by atoms with van der Waals surface area (Å²) < 4.78 is 37.7. The summed E-state index contributed by atoms with van der Waals surface area (Å²) in [7, 11) is -2.30. The van der Waals surface area contributed by atoms with Gasteiger partial charge in [0.05, 0.1) is 20.3 Å². The number of methoxy groups -OCH3 is 1. The molecule has 1 atom stereocenters. The lowest BCUT2D eigenvalue weighted by atomic mass is 10.2. The molecule has 1 aromatic carbocycles. The summed E-state index contributed by atoms with van der Waals surface area (Å²) in [5.74, 6) is 0.251. The van der Waals surface area contributed by atoms with Gasteiger partial charge in [0.1, 0.15) is 10.6 Å². The molecule has 0 bridgehead atoms. The predicted octanol–water partition coefficient (Wildman–Crippen LogP) is 1.22. The van der Waals surface area contributed by atoms with Crippen LogP contribution in [0.4, 0.5) is 0 Å². The molecule has 0 saturated carbocycles. The average molecular weight is 335 g/mol. The summed E-state index contributed by atoms with van der Waals surface area (Å²) in [6.45, 7) is 2.99. The number of ether oxygens (including phenoxy) is 2. The van der Waals surface area contributed by atoms with Crippen molar-refractivity contribution in [3.63, 3.8) is 0 Å². The molecule has 0 amide bonds. The van der Waals surface area contributed by atoms with Crippen LogP contribution in [-0.2, 0) is 21.3 Å². The number of sulfonamides is 1. The number of nitrogens with zero attached hydrogens (tertiary/aromatic N) is 1. The van der Waals surface area contributed by atoms with Crippen LogP contribution in [0, 0.1) is 0 Å². The van der Waals surface area contributed by atoms with E-state index >= 15 is 0 Å². The largest absolute Gasteiger partial charge is 0.495 e. The van der Waals surface area contributed by atoms with Crippen LogP contribution in [0.15, 0.2) is 17.0 Å². The van der Waals surface area contributed by atoms with Gasteiger partial charge in [-0.05, 0) is 19.1 Å². The fourth-order valence-electron chi connectivity index (χ4n) is 2.39. The monoisotopic (exact) mass is 334 g/mol. The van der Waals surface area contributed by atoms with E-state index in [4.69, 9.17) is 26.8 Å². The maximum absolute atomic E-state index is 12.9. The molecular weight excluding hydrogens is 316 g/mol. The van der Waals surface area contributed by atoms with E-state index in [1.165, 1.54) is 17.5 Å². The minimum absolute atomic E-state index is 0.0479. The third kappa shape index (κ3) is 3.17. The van der Waals surface area contributed by atoms with Crippen LogP contribution in [0.1, 0.15) is 12.5 Å². The Kier molecular flexibility index (Phi) is 5.11. The first-order valence-corrected chi connectivity index (χ1v) is 8.39. The van der Waals surface area contributed by atoms with Crippen LogP contribution in [0.2, 0.25) is 5.02 Å². The van der Waals surface area contributed by atoms with E-state index in [1.807, 2.05) is 0 Å². The molecule has 8 heteroatoms. The van der Waals surface area contributed by atoms with E-state index in [1.54, 1.807) is 13.0 Å². The number of benzene rings is 1. The molecule has 1 fully saturated rings. The molecule has 1 heterocycles. The topological polar surface area (TPSA) is 81.9 Å². The van der Waals surface area contributed by atoms with Crippen LogP contribution in [0.3, 0.4) is 0 Å². The first-order chi connectivity index (χ1) is 9.91. The summed E-state index contributed by atoms with van der Waals surface area (Å²) in [6, 6.07) is 2.77. The van der Waals surface area contributed by atoms with E-state index in [2.05, 4.69) is 0 Å². The Balaban J connectivity index is 2.56. The zero-order valence-corrected chi connectivity index (χ0v) is 13.6. The minimum Gasteiger partial charge on any atom is -0.495 e. The smallest absolute Gasteiger partial charge is 0.247 e. The number of hydrogen-bond acceptors (Lipinski definition) is 5. The molecule has 1 unspecified atom stereocenters. The fourth-order valence-corrected chi connectivity index (χ4v) is 4.53. The number of hydrogen-bond donors (Lipinski definition) is 1. The van der Waals surface area contributed by atoms with Gasteiger partial charge in [-0.1, -0.05) is 11.6 Å². The molecule has 0 radical (unpaired) electrons. The Bertz CT molecular complexity index is 621. The second-order valence-electron chi connectivity index (χ2n) is 4.84. The maximum atomic E-state index is 12.9. The van der Waals surface area contributed by atoms with Gasteiger partial charge in [0.2, 0.25) is 10.0 Å². The second kappa shape index (κ2) is 6.50. The molecule has 6 nitrogen and oxygen atoms in total. The van der Waals surface area contributed by atoms with Crippen LogP contribution >= 0.6 is 11.6 Å². The van der Waals surface area contributed by atoms with Gasteiger partial charge in [-0.15, -0.1) is 0 Å². The van der Waals surface area contributed by atoms with Crippen molar-refractivity contribution < 1.29 is 17.9 Å². The van der Waals surface area contributed by atoms with E-state index in [9.17, 15) is 8.42 Å². The van der Waals surface area contributed by atoms with Gasteiger partial charge in [0.15, 0.2) is 0 Å². The quantitative estimate of drug-likeness (QED) is 0.895. The number of nitrogens with two attached hydrogens (primary N) is 1. The third-order valence-corrected chi connectivity index (χ3v) is 5.65. The van der Waals surface area contributed by atoms with Crippen LogP contribution < -0.4 is 10.5 Å². The molecule has 1 aromatic rings. The zero-order chi connectivity index (χ0) is 15.6. The Morgan fingerprint density at radius 2 is 2.24 bits per heavy atom. The van der Waals surface area contributed by atoms with Crippen molar-refractivity contribution in [3.05, 3.63) is 22.7 Å². The van der Waals surface area contributed by atoms with Crippen molar-refractivity contribution in [2.75, 3.05) is 26.9 Å². The van der Waals surface area contributed by atoms with Gasteiger partial charge in [-0.2, -0.15) is 4.31 Å². The first kappa shape index (κ1) is 16.5. The molecule has 118 valence electrons. The molecule has 0 spiro atoms. The molecule has 2 rings (SSSR count). The number of rotatable bonds is 4. The summed E-state index contributed by atoms with van der Waals surface area (Å²) in [6.07, 6.45) is 0. The van der Waals surface area contributed by atoms with Crippen molar-refractivity contribution >= 4 is 21.6 Å². The van der Waals surface area contributed by atoms with E-state index in [0.29, 0.717) is 30.3 Å². The molecule has 2 N–H and O–H groups in total. The van der Waals surface area contributed by atoms with Crippen molar-refractivity contribution in [3.8, 4) is 5.75 Å². The molecule has 1 saturated heterocycles. The number of halogens is 1. The molecule has 0 aromatic heterocycles. The molecule has 1 aliphatic heterocycles. The maximum Gasteiger partial charge on any atom is 0.247 e. The number of morpholine rings is 1. The highest BCUT2D eigenvalue weighted by Crippen LogP contribution is 2.34. The SMILES string of the molecule is COc1c(CN)cc(Cl)cc1S(=O)(=O)N1CCOCC1C. The lowest BCUT2D eigenvalue weighted by Gasteiger charge is -2.32. The predicted molar refractivity (Wildman–Crippen MR) is 80.1 cm³/mol. The molecule has 21 heavy (non-hydrogen) atoms. The van der Waals surface area contributed by atoms with Crippen molar-refractivity contribution in [1.82, 2.24) is 4.31 Å². The van der Waals surface area contributed by atoms with Gasteiger partial charge in [-0.3, -0.25) is 0 Å². The normalized spacial score (nSPS) is 20.5. The Morgan fingerprint density at radius 3 is 2.81 bits per heavy atom. The third-order valence-electron chi connectivity index (χ3n) is 3.41. The fraction of sp³-hybridized carbons (Fsp3) is 0.538. The highest BCUT2D eigenvalue weighted by Gasteiger charge is 2.34. The Labute approximate surface area is 129 Å². The van der Waals surface area contributed by atoms with Gasteiger partial charge in [-0.25, -0.2) is 8.42 Å². The van der Waals surface area contributed by atoms with Gasteiger partial charge in [0.25, 0.3) is 0 Å². The molecule has 1 aliphatic rings. The van der Waals surface area contributed by atoms with E-state index in [-0.39, 0.29) is 23.2 Å². The average Bonchev–Trinajstić information content (AvgIpc) is 2.46. The standard InChI is InChI=1S/C13H19ClN2O4S/c1-9-8-20-4-3-16(9)21(17,18)12-6-11(14)5-10(7-15)13(12)19-2/h5-6,9H,3-4,7-8,15H2,1-2H3. The summed E-state index contributed by atoms with van der Waals surface area (Å²) in [4.78, 5) is 0.0479. The minimum atomic E-state index is -3.72. The summed E-state index contributed by atoms with van der Waals surface area (Å²) in [5.41, 5.74) is 6.21. The highest BCUT2D eigenvalue weighted by atomic mass is 35.5. The lowest BCUT2D eigenvalue weighted by Crippen LogP contribution is -2.47. The van der Waals surface area contributed by atoms with Crippen LogP contribution in [-0.4, -0.2) is 45.6 Å². The van der Waals surface area contributed by atoms with Gasteiger partial charge < -0.3 is 15.2 Å². The summed E-state index contributed by atoms with van der Waals surface area (Å²) in [5, 5.41) is 0.315.